The zero-order chi connectivity index (χ0) is 12.3. The van der Waals surface area contributed by atoms with Crippen molar-refractivity contribution in [3.05, 3.63) is 58.5 Å². The Labute approximate surface area is 107 Å². The van der Waals surface area contributed by atoms with Crippen LogP contribution in [-0.4, -0.2) is 15.7 Å². The fourth-order valence-corrected chi connectivity index (χ4v) is 4.06. The maximum Gasteiger partial charge on any atom is 0.171 e. The zero-order valence-electron chi connectivity index (χ0n) is 9.37. The van der Waals surface area contributed by atoms with E-state index in [1.54, 1.807) is 0 Å². The molecule has 1 aromatic carbocycles. The molecule has 0 amide bonds. The third-order valence-corrected chi connectivity index (χ3v) is 4.85. The second-order valence-corrected chi connectivity index (χ2v) is 5.75. The molecule has 0 radical (unpaired) electrons. The molecule has 3 unspecified atom stereocenters. The van der Waals surface area contributed by atoms with Gasteiger partial charge < -0.3 is 0 Å². The van der Waals surface area contributed by atoms with Crippen molar-refractivity contribution in [3.63, 3.8) is 0 Å². The van der Waals surface area contributed by atoms with E-state index in [-0.39, 0.29) is 17.6 Å². The molecule has 2 aliphatic carbocycles. The van der Waals surface area contributed by atoms with Gasteiger partial charge in [-0.15, -0.1) is 0 Å². The molecule has 0 saturated carbocycles. The van der Waals surface area contributed by atoms with Gasteiger partial charge >= 0.3 is 0 Å². The first-order chi connectivity index (χ1) is 8.77. The van der Waals surface area contributed by atoms with Crippen molar-refractivity contribution in [1.82, 2.24) is 0 Å². The van der Waals surface area contributed by atoms with Crippen molar-refractivity contribution in [3.8, 4) is 0 Å². The average molecular weight is 255 g/mol. The van der Waals surface area contributed by atoms with Gasteiger partial charge in [0.2, 0.25) is 0 Å². The summed E-state index contributed by atoms with van der Waals surface area (Å²) in [6, 6.07) is 7.45. The lowest BCUT2D eigenvalue weighted by Crippen LogP contribution is -2.35. The predicted molar refractivity (Wildman–Crippen MR) is 69.7 cm³/mol. The Balaban J connectivity index is 2.05. The highest BCUT2D eigenvalue weighted by atomic mass is 32.2. The third-order valence-electron chi connectivity index (χ3n) is 3.69. The Morgan fingerprint density at radius 2 is 1.94 bits per heavy atom. The van der Waals surface area contributed by atoms with Crippen molar-refractivity contribution in [1.29, 1.82) is 0 Å². The highest BCUT2D eigenvalue weighted by molar-refractivity contribution is 7.88. The smallest absolute Gasteiger partial charge is 0.171 e. The predicted octanol–water partition coefficient (Wildman–Crippen LogP) is 2.04. The summed E-state index contributed by atoms with van der Waals surface area (Å²) >= 11 is 0. The molecule has 0 bridgehead atoms. The molecule has 0 aromatic heterocycles. The monoisotopic (exact) mass is 255 g/mol. The van der Waals surface area contributed by atoms with Gasteiger partial charge in [-0.2, -0.15) is 4.40 Å². The number of fused-ring (bicyclic) bond motifs is 2. The fourth-order valence-electron chi connectivity index (χ4n) is 2.89. The number of hydrogen-bond acceptors (Lipinski definition) is 2. The molecule has 0 saturated heterocycles. The summed E-state index contributed by atoms with van der Waals surface area (Å²) in [4.78, 5) is 13.2. The lowest BCUT2D eigenvalue weighted by Gasteiger charge is -2.29. The summed E-state index contributed by atoms with van der Waals surface area (Å²) in [6.07, 6.45) is 5.54. The summed E-state index contributed by atoms with van der Waals surface area (Å²) in [6.45, 7) is 0. The van der Waals surface area contributed by atoms with E-state index < -0.39 is 11.0 Å². The molecular formula is C14H9NO2S. The molecule has 3 aliphatic rings. The number of benzene rings is 1. The molecule has 1 aliphatic heterocycles. The van der Waals surface area contributed by atoms with E-state index in [0.717, 1.165) is 16.2 Å². The van der Waals surface area contributed by atoms with Gasteiger partial charge in [-0.3, -0.25) is 4.79 Å². The summed E-state index contributed by atoms with van der Waals surface area (Å²) < 4.78 is 16.2. The van der Waals surface area contributed by atoms with Gasteiger partial charge in [-0.25, -0.2) is 4.21 Å². The maximum atomic E-state index is 12.4. The van der Waals surface area contributed by atoms with Crippen molar-refractivity contribution >= 4 is 22.5 Å². The number of ketones is 1. The molecule has 0 N–H and O–H groups in total. The maximum absolute atomic E-state index is 12.4. The van der Waals surface area contributed by atoms with Gasteiger partial charge in [-0.1, -0.05) is 36.4 Å². The Morgan fingerprint density at radius 1 is 1.17 bits per heavy atom. The second kappa shape index (κ2) is 3.36. The van der Waals surface area contributed by atoms with Crippen LogP contribution in [0, 0.1) is 11.8 Å². The van der Waals surface area contributed by atoms with E-state index in [0.29, 0.717) is 5.56 Å². The summed E-state index contributed by atoms with van der Waals surface area (Å²) in [5.41, 5.74) is 2.35. The van der Waals surface area contributed by atoms with Crippen LogP contribution in [0.1, 0.15) is 15.9 Å². The Kier molecular flexibility index (Phi) is 1.89. The normalized spacial score (nSPS) is 31.6. The zero-order valence-corrected chi connectivity index (χ0v) is 10.2. The van der Waals surface area contributed by atoms with Crippen LogP contribution < -0.4 is 0 Å². The lowest BCUT2D eigenvalue weighted by atomic mass is 9.72. The van der Waals surface area contributed by atoms with Crippen LogP contribution in [0.15, 0.2) is 51.8 Å². The van der Waals surface area contributed by atoms with Crippen molar-refractivity contribution < 1.29 is 9.00 Å². The van der Waals surface area contributed by atoms with Crippen LogP contribution in [0.5, 0.6) is 0 Å². The van der Waals surface area contributed by atoms with Gasteiger partial charge in [0.25, 0.3) is 0 Å². The van der Waals surface area contributed by atoms with Crippen molar-refractivity contribution in [2.24, 2.45) is 16.2 Å². The quantitative estimate of drug-likeness (QED) is 0.712. The van der Waals surface area contributed by atoms with Gasteiger partial charge in [0.1, 0.15) is 0 Å². The van der Waals surface area contributed by atoms with E-state index >= 15 is 0 Å². The van der Waals surface area contributed by atoms with Gasteiger partial charge in [0, 0.05) is 16.0 Å². The number of carbonyl (C=O) groups excluding carboxylic acids is 1. The van der Waals surface area contributed by atoms with Crippen LogP contribution in [0.4, 0.5) is 0 Å². The molecule has 18 heavy (non-hydrogen) atoms. The van der Waals surface area contributed by atoms with Gasteiger partial charge in [0.05, 0.1) is 17.5 Å². The number of hydrogen-bond donors (Lipinski definition) is 0. The topological polar surface area (TPSA) is 46.5 Å². The first kappa shape index (κ1) is 10.1. The van der Waals surface area contributed by atoms with E-state index in [1.807, 2.05) is 42.5 Å². The molecule has 1 heterocycles. The molecule has 1 aromatic rings. The third kappa shape index (κ3) is 1.11. The van der Waals surface area contributed by atoms with Crippen molar-refractivity contribution in [2.45, 2.75) is 0 Å². The SMILES string of the molecule is O=C1c2ccccc2C2=NS(=O)C3=CC=CC1C32. The largest absolute Gasteiger partial charge is 0.293 e. The van der Waals surface area contributed by atoms with Crippen LogP contribution in [0.2, 0.25) is 0 Å². The minimum absolute atomic E-state index is 0.107. The number of rotatable bonds is 0. The van der Waals surface area contributed by atoms with E-state index in [4.69, 9.17) is 0 Å². The highest BCUT2D eigenvalue weighted by Crippen LogP contribution is 2.43. The Hall–Kier alpha value is -1.81. The van der Waals surface area contributed by atoms with Crippen molar-refractivity contribution in [2.75, 3.05) is 0 Å². The molecule has 4 rings (SSSR count). The van der Waals surface area contributed by atoms with Crippen LogP contribution in [0.25, 0.3) is 0 Å². The highest BCUT2D eigenvalue weighted by Gasteiger charge is 2.46. The van der Waals surface area contributed by atoms with Gasteiger partial charge in [-0.05, 0) is 6.08 Å². The summed E-state index contributed by atoms with van der Waals surface area (Å²) in [5, 5.41) is 0. The fraction of sp³-hybridized carbons (Fsp3) is 0.143. The molecule has 4 heteroatoms. The molecule has 88 valence electrons. The minimum Gasteiger partial charge on any atom is -0.293 e. The van der Waals surface area contributed by atoms with E-state index in [1.165, 1.54) is 0 Å². The van der Waals surface area contributed by atoms with Crippen LogP contribution in [-0.2, 0) is 11.0 Å². The standard InChI is InChI=1S/C14H9NO2S/c16-14-9-5-2-1-4-8(9)13-12-10(14)6-3-7-11(12)18(17)15-13/h1-7,10,12H. The van der Waals surface area contributed by atoms with Crippen LogP contribution >= 0.6 is 0 Å². The first-order valence-corrected chi connectivity index (χ1v) is 6.90. The number of nitrogens with zero attached hydrogens (tertiary/aromatic N) is 1. The second-order valence-electron chi connectivity index (χ2n) is 4.59. The first-order valence-electron chi connectivity index (χ1n) is 5.80. The lowest BCUT2D eigenvalue weighted by molar-refractivity contribution is 0.0929. The van der Waals surface area contributed by atoms with E-state index in [2.05, 4.69) is 4.40 Å². The number of carbonyl (C=O) groups is 1. The molecule has 0 fully saturated rings. The Bertz CT molecular complexity index is 700. The molecule has 0 spiro atoms. The van der Waals surface area contributed by atoms with Crippen LogP contribution in [0.3, 0.4) is 0 Å². The summed E-state index contributed by atoms with van der Waals surface area (Å²) in [5.74, 6) is -0.237. The average Bonchev–Trinajstić information content (AvgIpc) is 2.75. The molecule has 3 atom stereocenters. The molecular weight excluding hydrogens is 246 g/mol. The van der Waals surface area contributed by atoms with Gasteiger partial charge in [0.15, 0.2) is 16.8 Å². The molecule has 3 nitrogen and oxygen atoms in total. The number of allylic oxidation sites excluding steroid dienone is 4. The Morgan fingerprint density at radius 3 is 2.78 bits per heavy atom. The van der Waals surface area contributed by atoms with E-state index in [9.17, 15) is 9.00 Å². The number of Topliss-reactive ketones (excluding diaryl/α,β-unsaturated/α-hetero) is 1. The summed E-state index contributed by atoms with van der Waals surface area (Å²) in [7, 11) is -1.33. The minimum atomic E-state index is -1.33.